The highest BCUT2D eigenvalue weighted by molar-refractivity contribution is 6.24. The Bertz CT molecular complexity index is 1240. The maximum absolute atomic E-state index is 13.3. The lowest BCUT2D eigenvalue weighted by Crippen LogP contribution is -2.36. The lowest BCUT2D eigenvalue weighted by molar-refractivity contribution is -0.274. The maximum atomic E-state index is 13.3. The van der Waals surface area contributed by atoms with Crippen molar-refractivity contribution in [3.05, 3.63) is 65.9 Å². The van der Waals surface area contributed by atoms with Gasteiger partial charge in [-0.05, 0) is 61.7 Å². The summed E-state index contributed by atoms with van der Waals surface area (Å²) < 4.78 is 41.1. The quantitative estimate of drug-likeness (QED) is 0.538. The number of aryl methyl sites for hydroxylation is 1. The predicted molar refractivity (Wildman–Crippen MR) is 110 cm³/mol. The van der Waals surface area contributed by atoms with Gasteiger partial charge in [0.25, 0.3) is 5.91 Å². The number of hydrogen-bond acceptors (Lipinski definition) is 4. The van der Waals surface area contributed by atoms with Crippen molar-refractivity contribution in [1.82, 2.24) is 9.88 Å². The number of carbonyl (C=O) groups excluding carboxylic acids is 2. The molecule has 2 heterocycles. The first-order valence-corrected chi connectivity index (χ1v) is 10.1. The van der Waals surface area contributed by atoms with Gasteiger partial charge in [-0.3, -0.25) is 9.78 Å². The molecule has 1 aromatic heterocycles. The van der Waals surface area contributed by atoms with Crippen molar-refractivity contribution in [2.75, 3.05) is 4.90 Å². The van der Waals surface area contributed by atoms with Crippen LogP contribution in [0.2, 0.25) is 0 Å². The van der Waals surface area contributed by atoms with Crippen LogP contribution in [-0.4, -0.2) is 33.7 Å². The molecule has 1 saturated carbocycles. The van der Waals surface area contributed by atoms with Gasteiger partial charge in [0.1, 0.15) is 11.3 Å². The van der Waals surface area contributed by atoms with Crippen LogP contribution in [0, 0.1) is 6.92 Å². The fraction of sp³-hybridized carbons (Fsp3) is 0.261. The van der Waals surface area contributed by atoms with Gasteiger partial charge in [0, 0.05) is 17.6 Å². The van der Waals surface area contributed by atoms with E-state index in [9.17, 15) is 22.8 Å². The van der Waals surface area contributed by atoms with Crippen LogP contribution in [0.4, 0.5) is 23.7 Å². The number of fused-ring (bicyclic) bond motifs is 1. The molecule has 2 aliphatic rings. The number of pyridine rings is 1. The standard InChI is InChI=1S/C23H18F3N3O3/c1-14-12-15(18-4-2-3-5-19(18)27-14)13-28-21(31)29(20(30)22(28)10-11-22)16-6-8-17(9-7-16)32-23(24,25)26/h2-9,12H,10-11,13H2,1H3. The Balaban J connectivity index is 1.46. The minimum atomic E-state index is -4.82. The maximum Gasteiger partial charge on any atom is 0.573 e. The van der Waals surface area contributed by atoms with Crippen molar-refractivity contribution in [3.8, 4) is 5.75 Å². The van der Waals surface area contributed by atoms with Gasteiger partial charge in [0.05, 0.1) is 11.2 Å². The summed E-state index contributed by atoms with van der Waals surface area (Å²) in [4.78, 5) is 33.6. The SMILES string of the molecule is Cc1cc(CN2C(=O)N(c3ccc(OC(F)(F)F)cc3)C(=O)C23CC3)c2ccccc2n1. The number of ether oxygens (including phenoxy) is 1. The van der Waals surface area contributed by atoms with Crippen LogP contribution in [0.5, 0.6) is 5.75 Å². The van der Waals surface area contributed by atoms with E-state index in [1.54, 1.807) is 4.90 Å². The number of aromatic nitrogens is 1. The van der Waals surface area contributed by atoms with E-state index in [0.717, 1.165) is 39.2 Å². The van der Waals surface area contributed by atoms with E-state index in [-0.39, 0.29) is 18.1 Å². The lowest BCUT2D eigenvalue weighted by atomic mass is 10.1. The molecule has 2 aromatic carbocycles. The molecule has 1 aliphatic carbocycles. The van der Waals surface area contributed by atoms with E-state index >= 15 is 0 Å². The molecule has 3 amide bonds. The summed E-state index contributed by atoms with van der Waals surface area (Å²) >= 11 is 0. The number of halogens is 3. The second-order valence-electron chi connectivity index (χ2n) is 8.02. The van der Waals surface area contributed by atoms with E-state index in [0.29, 0.717) is 12.8 Å². The fourth-order valence-corrected chi connectivity index (χ4v) is 4.26. The molecule has 164 valence electrons. The number of alkyl halides is 3. The highest BCUT2D eigenvalue weighted by atomic mass is 19.4. The zero-order valence-corrected chi connectivity index (χ0v) is 17.0. The topological polar surface area (TPSA) is 62.7 Å². The summed E-state index contributed by atoms with van der Waals surface area (Å²) in [7, 11) is 0. The van der Waals surface area contributed by atoms with Crippen molar-refractivity contribution < 1.29 is 27.5 Å². The Kier molecular flexibility index (Phi) is 4.40. The molecular weight excluding hydrogens is 423 g/mol. The van der Waals surface area contributed by atoms with Crippen LogP contribution in [0.1, 0.15) is 24.1 Å². The van der Waals surface area contributed by atoms with Gasteiger partial charge >= 0.3 is 12.4 Å². The van der Waals surface area contributed by atoms with Crippen LogP contribution in [0.25, 0.3) is 10.9 Å². The Morgan fingerprint density at radius 1 is 1.06 bits per heavy atom. The van der Waals surface area contributed by atoms with Crippen molar-refractivity contribution >= 4 is 28.5 Å². The normalized spacial score (nSPS) is 17.5. The van der Waals surface area contributed by atoms with Gasteiger partial charge in [-0.2, -0.15) is 0 Å². The second-order valence-corrected chi connectivity index (χ2v) is 8.02. The Labute approximate surface area is 181 Å². The summed E-state index contributed by atoms with van der Waals surface area (Å²) in [5.41, 5.74) is 1.80. The average Bonchev–Trinajstić information content (AvgIpc) is 3.50. The first-order valence-electron chi connectivity index (χ1n) is 10.1. The van der Waals surface area contributed by atoms with Crippen LogP contribution in [-0.2, 0) is 11.3 Å². The molecule has 9 heteroatoms. The summed E-state index contributed by atoms with van der Waals surface area (Å²) in [6.07, 6.45) is -3.72. The van der Waals surface area contributed by atoms with E-state index in [1.807, 2.05) is 37.3 Å². The lowest BCUT2D eigenvalue weighted by Gasteiger charge is -2.22. The van der Waals surface area contributed by atoms with Gasteiger partial charge in [-0.25, -0.2) is 9.69 Å². The number of para-hydroxylation sites is 1. The largest absolute Gasteiger partial charge is 0.573 e. The van der Waals surface area contributed by atoms with Crippen LogP contribution >= 0.6 is 0 Å². The van der Waals surface area contributed by atoms with Crippen LogP contribution in [0.3, 0.4) is 0 Å². The molecule has 0 atom stereocenters. The Morgan fingerprint density at radius 3 is 2.41 bits per heavy atom. The fourth-order valence-electron chi connectivity index (χ4n) is 4.26. The van der Waals surface area contributed by atoms with Gasteiger partial charge in [-0.15, -0.1) is 13.2 Å². The van der Waals surface area contributed by atoms with Crippen LogP contribution < -0.4 is 9.64 Å². The first-order chi connectivity index (χ1) is 15.2. The van der Waals surface area contributed by atoms with E-state index in [1.165, 1.54) is 12.1 Å². The zero-order chi connectivity index (χ0) is 22.7. The summed E-state index contributed by atoms with van der Waals surface area (Å²) in [6, 6.07) is 13.8. The average molecular weight is 441 g/mol. The zero-order valence-electron chi connectivity index (χ0n) is 17.0. The molecule has 1 aliphatic heterocycles. The number of carbonyl (C=O) groups is 2. The van der Waals surface area contributed by atoms with Crippen molar-refractivity contribution in [1.29, 1.82) is 0 Å². The minimum Gasteiger partial charge on any atom is -0.406 e. The minimum absolute atomic E-state index is 0.207. The van der Waals surface area contributed by atoms with Gasteiger partial charge in [-0.1, -0.05) is 18.2 Å². The van der Waals surface area contributed by atoms with E-state index in [2.05, 4.69) is 9.72 Å². The third kappa shape index (κ3) is 3.34. The summed E-state index contributed by atoms with van der Waals surface area (Å²) in [6.45, 7) is 2.11. The molecule has 0 unspecified atom stereocenters. The highest BCUT2D eigenvalue weighted by Crippen LogP contribution is 2.50. The highest BCUT2D eigenvalue weighted by Gasteiger charge is 2.65. The third-order valence-corrected chi connectivity index (χ3v) is 5.85. The molecule has 32 heavy (non-hydrogen) atoms. The first kappa shape index (κ1) is 20.3. The van der Waals surface area contributed by atoms with Crippen molar-refractivity contribution in [2.24, 2.45) is 0 Å². The number of hydrogen-bond donors (Lipinski definition) is 0. The summed E-state index contributed by atoms with van der Waals surface area (Å²) in [5, 5.41) is 0.904. The molecule has 2 fully saturated rings. The van der Waals surface area contributed by atoms with Crippen molar-refractivity contribution in [2.45, 2.75) is 38.2 Å². The monoisotopic (exact) mass is 441 g/mol. The third-order valence-electron chi connectivity index (χ3n) is 5.85. The van der Waals surface area contributed by atoms with Gasteiger partial charge in [0.2, 0.25) is 0 Å². The van der Waals surface area contributed by atoms with E-state index in [4.69, 9.17) is 0 Å². The van der Waals surface area contributed by atoms with Gasteiger partial charge in [0.15, 0.2) is 0 Å². The summed E-state index contributed by atoms with van der Waals surface area (Å²) in [5.74, 6) is -0.779. The van der Waals surface area contributed by atoms with Crippen LogP contribution in [0.15, 0.2) is 54.6 Å². The Hall–Kier alpha value is -3.62. The smallest absolute Gasteiger partial charge is 0.406 e. The molecule has 0 bridgehead atoms. The molecule has 1 spiro atoms. The molecule has 3 aromatic rings. The molecule has 5 rings (SSSR count). The predicted octanol–water partition coefficient (Wildman–Crippen LogP) is 4.94. The number of rotatable bonds is 4. The number of amides is 3. The number of imide groups is 1. The molecule has 6 nitrogen and oxygen atoms in total. The molecular formula is C23H18F3N3O3. The number of anilines is 1. The molecule has 0 radical (unpaired) electrons. The van der Waals surface area contributed by atoms with E-state index < -0.39 is 23.7 Å². The number of urea groups is 1. The molecule has 0 N–H and O–H groups in total. The number of benzene rings is 2. The van der Waals surface area contributed by atoms with Crippen molar-refractivity contribution in [3.63, 3.8) is 0 Å². The Morgan fingerprint density at radius 2 is 1.75 bits per heavy atom. The second kappa shape index (κ2) is 6.94. The van der Waals surface area contributed by atoms with Gasteiger partial charge < -0.3 is 9.64 Å². The number of nitrogens with zero attached hydrogens (tertiary/aromatic N) is 3. The molecule has 1 saturated heterocycles.